The third kappa shape index (κ3) is 4.47. The lowest BCUT2D eigenvalue weighted by Crippen LogP contribution is -2.07. The first-order valence-corrected chi connectivity index (χ1v) is 9.05. The van der Waals surface area contributed by atoms with E-state index >= 15 is 0 Å². The summed E-state index contributed by atoms with van der Waals surface area (Å²) in [6.45, 7) is 1.67. The van der Waals surface area contributed by atoms with Crippen molar-refractivity contribution in [2.24, 2.45) is 4.99 Å². The van der Waals surface area contributed by atoms with Gasteiger partial charge in [0.05, 0.1) is 22.6 Å². The number of nitro benzene ring substituents is 1. The maximum Gasteiger partial charge on any atom is 0.363 e. The van der Waals surface area contributed by atoms with E-state index in [0.717, 1.165) is 6.07 Å². The Balaban J connectivity index is 1.91. The van der Waals surface area contributed by atoms with Crippen molar-refractivity contribution in [3.63, 3.8) is 0 Å². The van der Waals surface area contributed by atoms with Crippen molar-refractivity contribution in [3.05, 3.63) is 68.4 Å². The van der Waals surface area contributed by atoms with Gasteiger partial charge in [0.25, 0.3) is 5.69 Å². The van der Waals surface area contributed by atoms with Crippen LogP contribution in [-0.4, -0.2) is 29.9 Å². The van der Waals surface area contributed by atoms with Crippen LogP contribution in [-0.2, 0) is 14.3 Å². The van der Waals surface area contributed by atoms with Crippen molar-refractivity contribution in [2.45, 2.75) is 13.3 Å². The lowest BCUT2D eigenvalue weighted by Gasteiger charge is -2.09. The van der Waals surface area contributed by atoms with Crippen LogP contribution in [0.25, 0.3) is 6.08 Å². The van der Waals surface area contributed by atoms with Gasteiger partial charge in [-0.2, -0.15) is 0 Å². The normalized spacial score (nSPS) is 14.3. The number of rotatable bonds is 6. The molecule has 0 spiro atoms. The minimum Gasteiger partial charge on any atom is -0.493 e. The molecule has 10 heteroatoms. The van der Waals surface area contributed by atoms with Gasteiger partial charge in [0.2, 0.25) is 5.90 Å². The molecular formula is C20H15ClN2O7. The van der Waals surface area contributed by atoms with Crippen LogP contribution < -0.4 is 9.47 Å². The molecule has 1 heterocycles. The van der Waals surface area contributed by atoms with Crippen LogP contribution in [0.3, 0.4) is 0 Å². The van der Waals surface area contributed by atoms with Crippen LogP contribution >= 0.6 is 11.6 Å². The van der Waals surface area contributed by atoms with Crippen LogP contribution in [0.2, 0.25) is 5.02 Å². The summed E-state index contributed by atoms with van der Waals surface area (Å²) in [5.41, 5.74) is 0.605. The number of halogens is 1. The number of benzene rings is 2. The van der Waals surface area contributed by atoms with Gasteiger partial charge in [-0.05, 0) is 29.8 Å². The van der Waals surface area contributed by atoms with Crippen molar-refractivity contribution in [1.82, 2.24) is 0 Å². The SMILES string of the molecule is CCC(=O)Oc1ccc(/C=C2\N=C(c3ccc([N+](=O)[O-])cc3Cl)OC2=O)cc1OC. The Morgan fingerprint density at radius 3 is 2.67 bits per heavy atom. The Kier molecular flexibility index (Phi) is 6.12. The van der Waals surface area contributed by atoms with Gasteiger partial charge in [0.1, 0.15) is 0 Å². The third-order valence-corrected chi connectivity index (χ3v) is 4.33. The fourth-order valence-corrected chi connectivity index (χ4v) is 2.78. The van der Waals surface area contributed by atoms with Gasteiger partial charge < -0.3 is 14.2 Å². The highest BCUT2D eigenvalue weighted by Gasteiger charge is 2.26. The summed E-state index contributed by atoms with van der Waals surface area (Å²) >= 11 is 6.07. The van der Waals surface area contributed by atoms with Crippen LogP contribution in [0, 0.1) is 10.1 Å². The van der Waals surface area contributed by atoms with Gasteiger partial charge in [-0.3, -0.25) is 14.9 Å². The molecule has 2 aromatic carbocycles. The molecule has 0 saturated heterocycles. The van der Waals surface area contributed by atoms with E-state index < -0.39 is 16.9 Å². The first-order chi connectivity index (χ1) is 14.3. The molecule has 0 radical (unpaired) electrons. The van der Waals surface area contributed by atoms with E-state index in [1.165, 1.54) is 31.4 Å². The van der Waals surface area contributed by atoms with Crippen LogP contribution in [0.15, 0.2) is 47.1 Å². The van der Waals surface area contributed by atoms with Gasteiger partial charge >= 0.3 is 11.9 Å². The number of carbonyl (C=O) groups is 2. The summed E-state index contributed by atoms with van der Waals surface area (Å²) < 4.78 is 15.6. The summed E-state index contributed by atoms with van der Waals surface area (Å²) in [4.78, 5) is 38.1. The molecule has 9 nitrogen and oxygen atoms in total. The van der Waals surface area contributed by atoms with E-state index in [0.29, 0.717) is 11.3 Å². The number of carbonyl (C=O) groups excluding carboxylic acids is 2. The fourth-order valence-electron chi connectivity index (χ4n) is 2.53. The Morgan fingerprint density at radius 2 is 2.03 bits per heavy atom. The number of cyclic esters (lactones) is 1. The van der Waals surface area contributed by atoms with Crippen LogP contribution in [0.4, 0.5) is 5.69 Å². The number of ether oxygens (including phenoxy) is 3. The molecule has 0 aliphatic carbocycles. The van der Waals surface area contributed by atoms with E-state index in [4.69, 9.17) is 25.8 Å². The molecule has 0 aromatic heterocycles. The third-order valence-electron chi connectivity index (χ3n) is 4.02. The van der Waals surface area contributed by atoms with E-state index in [1.807, 2.05) is 0 Å². The Labute approximate surface area is 175 Å². The quantitative estimate of drug-likeness (QED) is 0.224. The maximum absolute atomic E-state index is 12.2. The molecule has 0 unspecified atom stereocenters. The van der Waals surface area contributed by atoms with Crippen molar-refractivity contribution in [2.75, 3.05) is 7.11 Å². The average molecular weight is 431 g/mol. The predicted octanol–water partition coefficient (Wildman–Crippen LogP) is 3.92. The van der Waals surface area contributed by atoms with Gasteiger partial charge in [0.15, 0.2) is 17.2 Å². The van der Waals surface area contributed by atoms with Gasteiger partial charge in [-0.1, -0.05) is 24.6 Å². The number of hydrogen-bond donors (Lipinski definition) is 0. The second-order valence-electron chi connectivity index (χ2n) is 6.00. The Bertz CT molecular complexity index is 1110. The molecule has 0 fully saturated rings. The van der Waals surface area contributed by atoms with Crippen molar-refractivity contribution >= 4 is 41.2 Å². The number of hydrogen-bond acceptors (Lipinski definition) is 8. The standard InChI is InChI=1S/C20H15ClN2O7/c1-3-18(24)29-16-7-4-11(9-17(16)28-2)8-15-20(25)30-19(22-15)13-6-5-12(23(26)27)10-14(13)21/h4-10H,3H2,1-2H3/b15-8-. The lowest BCUT2D eigenvalue weighted by molar-refractivity contribution is -0.384. The van der Waals surface area contributed by atoms with Gasteiger partial charge in [-0.25, -0.2) is 9.79 Å². The highest BCUT2D eigenvalue weighted by atomic mass is 35.5. The minimum atomic E-state index is -0.708. The average Bonchev–Trinajstić information content (AvgIpc) is 3.08. The van der Waals surface area contributed by atoms with E-state index in [1.54, 1.807) is 19.1 Å². The lowest BCUT2D eigenvalue weighted by atomic mass is 10.1. The zero-order valence-corrected chi connectivity index (χ0v) is 16.6. The summed E-state index contributed by atoms with van der Waals surface area (Å²) in [5, 5.41) is 10.9. The van der Waals surface area contributed by atoms with Gasteiger partial charge in [0, 0.05) is 18.6 Å². The highest BCUT2D eigenvalue weighted by Crippen LogP contribution is 2.31. The molecule has 154 valence electrons. The smallest absolute Gasteiger partial charge is 0.363 e. The summed E-state index contributed by atoms with van der Waals surface area (Å²) in [6, 6.07) is 8.47. The highest BCUT2D eigenvalue weighted by molar-refractivity contribution is 6.34. The molecule has 1 aliphatic rings. The maximum atomic E-state index is 12.2. The molecule has 0 amide bonds. The molecule has 0 atom stereocenters. The van der Waals surface area contributed by atoms with E-state index in [2.05, 4.69) is 4.99 Å². The second-order valence-corrected chi connectivity index (χ2v) is 6.40. The predicted molar refractivity (Wildman–Crippen MR) is 108 cm³/mol. The van der Waals surface area contributed by atoms with E-state index in [-0.39, 0.29) is 40.0 Å². The Hall–Kier alpha value is -3.72. The molecule has 0 bridgehead atoms. The van der Waals surface area contributed by atoms with Crippen molar-refractivity contribution < 1.29 is 28.7 Å². The summed E-state index contributed by atoms with van der Waals surface area (Å²) in [5.74, 6) is -0.623. The van der Waals surface area contributed by atoms with Crippen LogP contribution in [0.1, 0.15) is 24.5 Å². The number of non-ortho nitro benzene ring substituents is 1. The van der Waals surface area contributed by atoms with Crippen molar-refractivity contribution in [3.8, 4) is 11.5 Å². The van der Waals surface area contributed by atoms with Crippen molar-refractivity contribution in [1.29, 1.82) is 0 Å². The second kappa shape index (κ2) is 8.75. The molecule has 2 aromatic rings. The number of methoxy groups -OCH3 is 1. The molecule has 0 saturated carbocycles. The summed E-state index contributed by atoms with van der Waals surface area (Å²) in [7, 11) is 1.42. The first-order valence-electron chi connectivity index (χ1n) is 8.68. The number of nitrogens with zero attached hydrogens (tertiary/aromatic N) is 2. The molecule has 1 aliphatic heterocycles. The monoisotopic (exact) mass is 430 g/mol. The number of nitro groups is 1. The number of esters is 2. The van der Waals surface area contributed by atoms with Crippen LogP contribution in [0.5, 0.6) is 11.5 Å². The fraction of sp³-hybridized carbons (Fsp3) is 0.150. The zero-order valence-electron chi connectivity index (χ0n) is 15.9. The van der Waals surface area contributed by atoms with E-state index in [9.17, 15) is 19.7 Å². The largest absolute Gasteiger partial charge is 0.493 e. The molecule has 0 N–H and O–H groups in total. The molecule has 30 heavy (non-hydrogen) atoms. The molecule has 3 rings (SSSR count). The zero-order chi connectivity index (χ0) is 21.8. The molecular weight excluding hydrogens is 416 g/mol. The summed E-state index contributed by atoms with van der Waals surface area (Å²) in [6.07, 6.45) is 1.67. The first kappa shape index (κ1) is 21.0. The number of aliphatic imine (C=N–C) groups is 1. The van der Waals surface area contributed by atoms with Gasteiger partial charge in [-0.15, -0.1) is 0 Å². The minimum absolute atomic E-state index is 0.000208. The topological polar surface area (TPSA) is 117 Å². The Morgan fingerprint density at radius 1 is 1.27 bits per heavy atom.